The second kappa shape index (κ2) is 6.12. The molecule has 0 amide bonds. The largest absolute Gasteiger partial charge is 0.468 e. The first-order valence-electron chi connectivity index (χ1n) is 5.44. The minimum atomic E-state index is -0.638. The van der Waals surface area contributed by atoms with Crippen LogP contribution in [0.1, 0.15) is 17.2 Å². The van der Waals surface area contributed by atoms with Gasteiger partial charge in [-0.2, -0.15) is 0 Å². The average Bonchev–Trinajstić information content (AvgIpc) is 2.44. The molecule has 1 aromatic carbocycles. The zero-order chi connectivity index (χ0) is 13.8. The number of methoxy groups -OCH3 is 1. The normalized spacial score (nSPS) is 11.9. The van der Waals surface area contributed by atoms with Gasteiger partial charge in [-0.25, -0.2) is 9.97 Å². The van der Waals surface area contributed by atoms with E-state index in [1.165, 1.54) is 13.3 Å². The highest BCUT2D eigenvalue weighted by Gasteiger charge is 2.27. The summed E-state index contributed by atoms with van der Waals surface area (Å²) in [6.45, 7) is 0. The van der Waals surface area contributed by atoms with Crippen LogP contribution in [0.4, 0.5) is 0 Å². The van der Waals surface area contributed by atoms with Crippen molar-refractivity contribution in [1.29, 1.82) is 0 Å². The summed E-state index contributed by atoms with van der Waals surface area (Å²) in [5.74, 6) is -1.04. The Balaban J connectivity index is 2.55. The maximum atomic E-state index is 12.0. The zero-order valence-corrected chi connectivity index (χ0v) is 12.4. The van der Waals surface area contributed by atoms with E-state index in [1.807, 2.05) is 30.3 Å². The van der Waals surface area contributed by atoms with Crippen molar-refractivity contribution in [1.82, 2.24) is 9.97 Å². The van der Waals surface area contributed by atoms with Gasteiger partial charge in [0.15, 0.2) is 0 Å². The lowest BCUT2D eigenvalue weighted by Crippen LogP contribution is -2.17. The number of carbonyl (C=O) groups excluding carboxylic acids is 1. The van der Waals surface area contributed by atoms with Crippen LogP contribution in [0.5, 0.6) is 0 Å². The molecule has 0 aliphatic carbocycles. The Kier molecular flexibility index (Phi) is 4.50. The number of halogens is 2. The van der Waals surface area contributed by atoms with Gasteiger partial charge >= 0.3 is 5.97 Å². The number of nitrogens with zero attached hydrogens (tertiary/aromatic N) is 2. The molecule has 2 aromatic rings. The van der Waals surface area contributed by atoms with E-state index in [2.05, 4.69) is 25.9 Å². The lowest BCUT2D eigenvalue weighted by atomic mass is 9.95. The van der Waals surface area contributed by atoms with Crippen LogP contribution in [0.2, 0.25) is 5.28 Å². The molecule has 0 radical (unpaired) electrons. The first-order chi connectivity index (χ1) is 9.13. The molecular weight excluding hydrogens is 332 g/mol. The molecule has 1 aromatic heterocycles. The summed E-state index contributed by atoms with van der Waals surface area (Å²) >= 11 is 9.14. The molecule has 0 aliphatic heterocycles. The Bertz CT molecular complexity index is 592. The highest BCUT2D eigenvalue weighted by atomic mass is 79.9. The fourth-order valence-electron chi connectivity index (χ4n) is 1.73. The van der Waals surface area contributed by atoms with Crippen molar-refractivity contribution >= 4 is 33.5 Å². The van der Waals surface area contributed by atoms with Crippen LogP contribution in [-0.4, -0.2) is 23.0 Å². The van der Waals surface area contributed by atoms with Crippen LogP contribution in [0.3, 0.4) is 0 Å². The van der Waals surface area contributed by atoms with Gasteiger partial charge in [-0.3, -0.25) is 4.79 Å². The summed E-state index contributed by atoms with van der Waals surface area (Å²) in [7, 11) is 1.34. The minimum absolute atomic E-state index is 0.0861. The Labute approximate surface area is 123 Å². The zero-order valence-electron chi connectivity index (χ0n) is 10.0. The van der Waals surface area contributed by atoms with E-state index in [1.54, 1.807) is 0 Å². The van der Waals surface area contributed by atoms with Crippen molar-refractivity contribution in [2.24, 2.45) is 0 Å². The van der Waals surface area contributed by atoms with Crippen molar-refractivity contribution in [3.63, 3.8) is 0 Å². The van der Waals surface area contributed by atoms with Crippen LogP contribution >= 0.6 is 27.5 Å². The molecule has 0 saturated carbocycles. The van der Waals surface area contributed by atoms with E-state index < -0.39 is 11.9 Å². The predicted molar refractivity (Wildman–Crippen MR) is 75.0 cm³/mol. The molecule has 1 atom stereocenters. The van der Waals surface area contributed by atoms with Gasteiger partial charge in [0, 0.05) is 6.20 Å². The third-order valence-corrected chi connectivity index (χ3v) is 3.38. The van der Waals surface area contributed by atoms with E-state index in [-0.39, 0.29) is 5.28 Å². The summed E-state index contributed by atoms with van der Waals surface area (Å²) < 4.78 is 5.46. The van der Waals surface area contributed by atoms with Crippen LogP contribution in [-0.2, 0) is 9.53 Å². The standard InChI is InChI=1S/C13H10BrClN2O2/c1-19-12(18)10(8-5-3-2-4-6-8)11-9(14)7-16-13(15)17-11/h2-7,10H,1H3. The second-order valence-electron chi connectivity index (χ2n) is 3.74. The number of ether oxygens (including phenoxy) is 1. The van der Waals surface area contributed by atoms with Gasteiger partial charge in [0.1, 0.15) is 5.92 Å². The fraction of sp³-hybridized carbons (Fsp3) is 0.154. The highest BCUT2D eigenvalue weighted by molar-refractivity contribution is 9.10. The first kappa shape index (κ1) is 14.0. The maximum absolute atomic E-state index is 12.0. The maximum Gasteiger partial charge on any atom is 0.319 e. The summed E-state index contributed by atoms with van der Waals surface area (Å²) in [4.78, 5) is 20.0. The van der Waals surface area contributed by atoms with Crippen molar-refractivity contribution in [2.45, 2.75) is 5.92 Å². The number of benzene rings is 1. The van der Waals surface area contributed by atoms with Crippen LogP contribution in [0.15, 0.2) is 41.0 Å². The molecule has 0 aliphatic rings. The van der Waals surface area contributed by atoms with Gasteiger partial charge in [-0.1, -0.05) is 30.3 Å². The molecule has 0 saturated heterocycles. The lowest BCUT2D eigenvalue weighted by Gasteiger charge is -2.15. The topological polar surface area (TPSA) is 52.1 Å². The van der Waals surface area contributed by atoms with Gasteiger partial charge in [-0.15, -0.1) is 0 Å². The molecule has 0 N–H and O–H groups in total. The molecular formula is C13H10BrClN2O2. The van der Waals surface area contributed by atoms with Gasteiger partial charge in [-0.05, 0) is 33.1 Å². The molecule has 4 nitrogen and oxygen atoms in total. The molecule has 0 fully saturated rings. The van der Waals surface area contributed by atoms with E-state index in [4.69, 9.17) is 16.3 Å². The molecule has 6 heteroatoms. The smallest absolute Gasteiger partial charge is 0.319 e. The van der Waals surface area contributed by atoms with Crippen molar-refractivity contribution in [3.8, 4) is 0 Å². The third-order valence-electron chi connectivity index (χ3n) is 2.59. The van der Waals surface area contributed by atoms with E-state index in [0.29, 0.717) is 10.2 Å². The number of aromatic nitrogens is 2. The number of hydrogen-bond acceptors (Lipinski definition) is 4. The molecule has 2 rings (SSSR count). The lowest BCUT2D eigenvalue weighted by molar-refractivity contribution is -0.141. The van der Waals surface area contributed by atoms with Crippen LogP contribution in [0.25, 0.3) is 0 Å². The fourth-order valence-corrected chi connectivity index (χ4v) is 2.29. The van der Waals surface area contributed by atoms with Crippen molar-refractivity contribution < 1.29 is 9.53 Å². The Hall–Kier alpha value is -1.46. The van der Waals surface area contributed by atoms with Gasteiger partial charge < -0.3 is 4.74 Å². The van der Waals surface area contributed by atoms with Gasteiger partial charge in [0.05, 0.1) is 17.3 Å². The average molecular weight is 342 g/mol. The first-order valence-corrected chi connectivity index (χ1v) is 6.61. The monoisotopic (exact) mass is 340 g/mol. The summed E-state index contributed by atoms with van der Waals surface area (Å²) in [6.07, 6.45) is 1.52. The van der Waals surface area contributed by atoms with Crippen molar-refractivity contribution in [3.05, 3.63) is 57.5 Å². The molecule has 0 bridgehead atoms. The Morgan fingerprint density at radius 3 is 2.68 bits per heavy atom. The van der Waals surface area contributed by atoms with Gasteiger partial charge in [0.2, 0.25) is 5.28 Å². The number of rotatable bonds is 3. The van der Waals surface area contributed by atoms with Crippen LogP contribution in [0, 0.1) is 0 Å². The minimum Gasteiger partial charge on any atom is -0.468 e. The molecule has 98 valence electrons. The predicted octanol–water partition coefficient (Wildman–Crippen LogP) is 3.20. The summed E-state index contributed by atoms with van der Waals surface area (Å²) in [6, 6.07) is 9.25. The number of hydrogen-bond donors (Lipinski definition) is 0. The molecule has 19 heavy (non-hydrogen) atoms. The van der Waals surface area contributed by atoms with E-state index in [0.717, 1.165) is 5.56 Å². The molecule has 1 heterocycles. The number of carbonyl (C=O) groups is 1. The van der Waals surface area contributed by atoms with E-state index in [9.17, 15) is 4.79 Å². The van der Waals surface area contributed by atoms with Gasteiger partial charge in [0.25, 0.3) is 0 Å². The summed E-state index contributed by atoms with van der Waals surface area (Å²) in [5.41, 5.74) is 1.27. The molecule has 1 unspecified atom stereocenters. The van der Waals surface area contributed by atoms with Crippen LogP contribution < -0.4 is 0 Å². The van der Waals surface area contributed by atoms with E-state index >= 15 is 0 Å². The SMILES string of the molecule is COC(=O)C(c1ccccc1)c1nc(Cl)ncc1Br. The Morgan fingerprint density at radius 2 is 2.05 bits per heavy atom. The molecule has 0 spiro atoms. The summed E-state index contributed by atoms with van der Waals surface area (Å²) in [5, 5.41) is 0.0861. The second-order valence-corrected chi connectivity index (χ2v) is 4.93. The van der Waals surface area contributed by atoms with Crippen molar-refractivity contribution in [2.75, 3.05) is 7.11 Å². The number of esters is 1. The Morgan fingerprint density at radius 1 is 1.37 bits per heavy atom. The quantitative estimate of drug-likeness (QED) is 0.635. The third kappa shape index (κ3) is 3.11. The highest BCUT2D eigenvalue weighted by Crippen LogP contribution is 2.30.